The van der Waals surface area contributed by atoms with E-state index < -0.39 is 0 Å². The highest BCUT2D eigenvalue weighted by Crippen LogP contribution is 2.17. The van der Waals surface area contributed by atoms with Gasteiger partial charge in [-0.3, -0.25) is 0 Å². The standard InChI is InChI=1S/C14H18FN3O2/c1-9(2)16-7-11-4-12(15)6-13(5-11)19-8-14-17-10(3)18-20-14/h4-6,9,16H,7-8H2,1-3H3. The van der Waals surface area contributed by atoms with Gasteiger partial charge in [0.25, 0.3) is 5.89 Å². The van der Waals surface area contributed by atoms with E-state index in [0.717, 1.165) is 5.56 Å². The average Bonchev–Trinajstić information content (AvgIpc) is 2.79. The second-order valence-corrected chi connectivity index (χ2v) is 4.85. The van der Waals surface area contributed by atoms with Gasteiger partial charge < -0.3 is 14.6 Å². The first-order valence-corrected chi connectivity index (χ1v) is 6.48. The summed E-state index contributed by atoms with van der Waals surface area (Å²) < 4.78 is 23.9. The molecule has 0 atom stereocenters. The van der Waals surface area contributed by atoms with E-state index >= 15 is 0 Å². The van der Waals surface area contributed by atoms with E-state index in [1.54, 1.807) is 13.0 Å². The van der Waals surface area contributed by atoms with Gasteiger partial charge in [0.2, 0.25) is 0 Å². The van der Waals surface area contributed by atoms with Crippen molar-refractivity contribution in [2.24, 2.45) is 0 Å². The van der Waals surface area contributed by atoms with Gasteiger partial charge in [-0.15, -0.1) is 0 Å². The molecule has 0 saturated carbocycles. The van der Waals surface area contributed by atoms with Crippen LogP contribution in [0.5, 0.6) is 5.75 Å². The van der Waals surface area contributed by atoms with Crippen LogP contribution in [0.1, 0.15) is 31.1 Å². The number of benzene rings is 1. The fourth-order valence-corrected chi connectivity index (χ4v) is 1.67. The largest absolute Gasteiger partial charge is 0.484 e. The molecule has 2 rings (SSSR count). The third kappa shape index (κ3) is 4.31. The van der Waals surface area contributed by atoms with Crippen molar-refractivity contribution in [2.75, 3.05) is 0 Å². The van der Waals surface area contributed by atoms with Crippen molar-refractivity contribution >= 4 is 0 Å². The number of hydrogen-bond acceptors (Lipinski definition) is 5. The summed E-state index contributed by atoms with van der Waals surface area (Å²) in [7, 11) is 0. The predicted octanol–water partition coefficient (Wildman–Crippen LogP) is 2.59. The molecule has 2 aromatic rings. The zero-order valence-corrected chi connectivity index (χ0v) is 11.8. The molecule has 0 aliphatic carbocycles. The van der Waals surface area contributed by atoms with E-state index in [9.17, 15) is 4.39 Å². The van der Waals surface area contributed by atoms with Crippen molar-refractivity contribution in [3.63, 3.8) is 0 Å². The van der Waals surface area contributed by atoms with Crippen LogP contribution in [0, 0.1) is 12.7 Å². The zero-order chi connectivity index (χ0) is 14.5. The summed E-state index contributed by atoms with van der Waals surface area (Å²) >= 11 is 0. The molecule has 0 amide bonds. The number of halogens is 1. The Bertz CT molecular complexity index is 569. The minimum absolute atomic E-state index is 0.126. The minimum atomic E-state index is -0.329. The highest BCUT2D eigenvalue weighted by molar-refractivity contribution is 5.29. The van der Waals surface area contributed by atoms with Gasteiger partial charge in [-0.1, -0.05) is 19.0 Å². The lowest BCUT2D eigenvalue weighted by atomic mass is 10.2. The van der Waals surface area contributed by atoms with Crippen molar-refractivity contribution in [2.45, 2.75) is 40.0 Å². The second-order valence-electron chi connectivity index (χ2n) is 4.85. The van der Waals surface area contributed by atoms with Crippen LogP contribution in [-0.2, 0) is 13.2 Å². The maximum Gasteiger partial charge on any atom is 0.264 e. The molecule has 0 bridgehead atoms. The maximum atomic E-state index is 13.5. The Morgan fingerprint density at radius 1 is 1.35 bits per heavy atom. The first-order valence-electron chi connectivity index (χ1n) is 6.48. The van der Waals surface area contributed by atoms with Crippen LogP contribution in [-0.4, -0.2) is 16.2 Å². The van der Waals surface area contributed by atoms with Gasteiger partial charge in [-0.2, -0.15) is 4.98 Å². The smallest absolute Gasteiger partial charge is 0.264 e. The lowest BCUT2D eigenvalue weighted by Crippen LogP contribution is -2.21. The molecule has 1 N–H and O–H groups in total. The first-order chi connectivity index (χ1) is 9.52. The van der Waals surface area contributed by atoms with Gasteiger partial charge in [0.1, 0.15) is 11.6 Å². The van der Waals surface area contributed by atoms with Gasteiger partial charge in [-0.25, -0.2) is 4.39 Å². The predicted molar refractivity (Wildman–Crippen MR) is 71.7 cm³/mol. The Hall–Kier alpha value is -1.95. The van der Waals surface area contributed by atoms with Crippen molar-refractivity contribution in [1.82, 2.24) is 15.5 Å². The Kier molecular flexibility index (Phi) is 4.68. The van der Waals surface area contributed by atoms with Crippen LogP contribution >= 0.6 is 0 Å². The molecular weight excluding hydrogens is 261 g/mol. The maximum absolute atomic E-state index is 13.5. The number of hydrogen-bond donors (Lipinski definition) is 1. The molecule has 0 aliphatic heterocycles. The molecule has 0 fully saturated rings. The molecule has 108 valence electrons. The van der Waals surface area contributed by atoms with Crippen LogP contribution in [0.25, 0.3) is 0 Å². The molecule has 1 aromatic heterocycles. The summed E-state index contributed by atoms with van der Waals surface area (Å²) in [6, 6.07) is 4.95. The van der Waals surface area contributed by atoms with Crippen molar-refractivity contribution in [3.05, 3.63) is 41.3 Å². The third-order valence-electron chi connectivity index (χ3n) is 2.58. The van der Waals surface area contributed by atoms with Crippen LogP contribution in [0.3, 0.4) is 0 Å². The fourth-order valence-electron chi connectivity index (χ4n) is 1.67. The summed E-state index contributed by atoms with van der Waals surface area (Å²) in [6.45, 7) is 6.51. The highest BCUT2D eigenvalue weighted by atomic mass is 19.1. The van der Waals surface area contributed by atoms with Gasteiger partial charge >= 0.3 is 0 Å². The van der Waals surface area contributed by atoms with E-state index in [0.29, 0.717) is 30.1 Å². The highest BCUT2D eigenvalue weighted by Gasteiger charge is 2.06. The van der Waals surface area contributed by atoms with Gasteiger partial charge in [-0.05, 0) is 24.6 Å². The van der Waals surface area contributed by atoms with Gasteiger partial charge in [0, 0.05) is 18.7 Å². The minimum Gasteiger partial charge on any atom is -0.484 e. The average molecular weight is 279 g/mol. The summed E-state index contributed by atoms with van der Waals surface area (Å²) in [4.78, 5) is 4.02. The second kappa shape index (κ2) is 6.47. The Balaban J connectivity index is 2.00. The van der Waals surface area contributed by atoms with Crippen molar-refractivity contribution in [1.29, 1.82) is 0 Å². The summed E-state index contributed by atoms with van der Waals surface area (Å²) in [5.41, 5.74) is 0.829. The van der Waals surface area contributed by atoms with E-state index in [4.69, 9.17) is 9.26 Å². The number of ether oxygens (including phenoxy) is 1. The number of nitrogens with one attached hydrogen (secondary N) is 1. The third-order valence-corrected chi connectivity index (χ3v) is 2.58. The summed E-state index contributed by atoms with van der Waals surface area (Å²) in [5.74, 6) is 1.03. The molecule has 0 radical (unpaired) electrons. The lowest BCUT2D eigenvalue weighted by Gasteiger charge is -2.10. The lowest BCUT2D eigenvalue weighted by molar-refractivity contribution is 0.241. The van der Waals surface area contributed by atoms with Crippen LogP contribution in [0.2, 0.25) is 0 Å². The van der Waals surface area contributed by atoms with Crippen LogP contribution in [0.15, 0.2) is 22.7 Å². The Morgan fingerprint density at radius 3 is 2.80 bits per heavy atom. The number of rotatable bonds is 6. The molecule has 5 nitrogen and oxygen atoms in total. The molecule has 1 aromatic carbocycles. The van der Waals surface area contributed by atoms with E-state index in [1.807, 2.05) is 13.8 Å². The molecule has 1 heterocycles. The molecular formula is C14H18FN3O2. The molecule has 6 heteroatoms. The number of aryl methyl sites for hydroxylation is 1. The topological polar surface area (TPSA) is 60.2 Å². The fraction of sp³-hybridized carbons (Fsp3) is 0.429. The molecule has 0 saturated heterocycles. The van der Waals surface area contributed by atoms with Crippen molar-refractivity contribution < 1.29 is 13.7 Å². The Morgan fingerprint density at radius 2 is 2.15 bits per heavy atom. The summed E-state index contributed by atoms with van der Waals surface area (Å²) in [5, 5.41) is 6.89. The van der Waals surface area contributed by atoms with E-state index in [1.165, 1.54) is 12.1 Å². The summed E-state index contributed by atoms with van der Waals surface area (Å²) in [6.07, 6.45) is 0. The number of aromatic nitrogens is 2. The Labute approximate surface area is 117 Å². The number of nitrogens with zero attached hydrogens (tertiary/aromatic N) is 2. The normalized spacial score (nSPS) is 11.1. The van der Waals surface area contributed by atoms with Crippen LogP contribution < -0.4 is 10.1 Å². The quantitative estimate of drug-likeness (QED) is 0.880. The molecule has 20 heavy (non-hydrogen) atoms. The SMILES string of the molecule is Cc1noc(COc2cc(F)cc(CNC(C)C)c2)n1. The van der Waals surface area contributed by atoms with E-state index in [-0.39, 0.29) is 12.4 Å². The zero-order valence-electron chi connectivity index (χ0n) is 11.8. The first kappa shape index (κ1) is 14.5. The molecule has 0 spiro atoms. The van der Waals surface area contributed by atoms with Gasteiger partial charge in [0.05, 0.1) is 0 Å². The molecule has 0 unspecified atom stereocenters. The van der Waals surface area contributed by atoms with Crippen LogP contribution in [0.4, 0.5) is 4.39 Å². The molecule has 0 aliphatic rings. The van der Waals surface area contributed by atoms with Crippen molar-refractivity contribution in [3.8, 4) is 5.75 Å². The monoisotopic (exact) mass is 279 g/mol. The van der Waals surface area contributed by atoms with Gasteiger partial charge in [0.15, 0.2) is 12.4 Å². The van der Waals surface area contributed by atoms with E-state index in [2.05, 4.69) is 15.5 Å².